The average molecular weight is 360 g/mol. The molecule has 5 rings (SSSR count). The standard InChI is InChI=1S/C19H24N2O5/c22-14(20-7-4-19(5-8-20)25-9-10-26-19)3-6-21-17(23)15-12-1-2-13(11-12)16(15)18(21)24/h1-2,12-13,15-16H,3-11H2/t12-,13-,15-,16+/m0/s1. The zero-order chi connectivity index (χ0) is 17.9. The summed E-state index contributed by atoms with van der Waals surface area (Å²) in [6.45, 7) is 2.64. The number of rotatable bonds is 3. The van der Waals surface area contributed by atoms with Crippen molar-refractivity contribution in [2.45, 2.75) is 31.5 Å². The molecule has 7 heteroatoms. The van der Waals surface area contributed by atoms with Gasteiger partial charge in [-0.3, -0.25) is 19.3 Å². The number of allylic oxidation sites excluding steroid dienone is 2. The fourth-order valence-corrected chi connectivity index (χ4v) is 5.43. The molecule has 140 valence electrons. The van der Waals surface area contributed by atoms with Crippen LogP contribution in [0.25, 0.3) is 0 Å². The molecule has 0 aromatic heterocycles. The fraction of sp³-hybridized carbons (Fsp3) is 0.737. The average Bonchev–Trinajstić information content (AvgIpc) is 3.40. The molecule has 0 aromatic rings. The van der Waals surface area contributed by atoms with Crippen LogP contribution in [0.15, 0.2) is 12.2 Å². The molecule has 0 aromatic carbocycles. The maximum absolute atomic E-state index is 12.7. The van der Waals surface area contributed by atoms with Crippen molar-refractivity contribution in [1.29, 1.82) is 0 Å². The monoisotopic (exact) mass is 360 g/mol. The van der Waals surface area contributed by atoms with Crippen LogP contribution < -0.4 is 0 Å². The molecule has 0 radical (unpaired) electrons. The summed E-state index contributed by atoms with van der Waals surface area (Å²) in [6.07, 6.45) is 6.66. The van der Waals surface area contributed by atoms with Crippen LogP contribution in [0, 0.1) is 23.7 Å². The van der Waals surface area contributed by atoms with Gasteiger partial charge in [-0.05, 0) is 18.3 Å². The third kappa shape index (κ3) is 2.36. The SMILES string of the molecule is O=C(CCN1C(=O)[C@@H]2[C@H](C1=O)[C@H]1C=C[C@H]2C1)N1CCC2(CC1)OCCO2. The number of hydrogen-bond donors (Lipinski definition) is 0. The third-order valence-corrected chi connectivity index (χ3v) is 6.80. The molecular weight excluding hydrogens is 336 g/mol. The third-order valence-electron chi connectivity index (χ3n) is 6.80. The highest BCUT2D eigenvalue weighted by atomic mass is 16.7. The van der Waals surface area contributed by atoms with Gasteiger partial charge >= 0.3 is 0 Å². The number of amides is 3. The molecule has 3 aliphatic heterocycles. The summed E-state index contributed by atoms with van der Waals surface area (Å²) in [6, 6.07) is 0. The van der Waals surface area contributed by atoms with E-state index in [1.54, 1.807) is 4.90 Å². The number of carbonyl (C=O) groups excluding carboxylic acids is 3. The van der Waals surface area contributed by atoms with E-state index in [4.69, 9.17) is 9.47 Å². The minimum absolute atomic E-state index is 0.00315. The number of piperidine rings is 1. The molecule has 26 heavy (non-hydrogen) atoms. The molecule has 1 saturated carbocycles. The number of carbonyl (C=O) groups is 3. The second-order valence-electron chi connectivity index (χ2n) is 8.07. The van der Waals surface area contributed by atoms with Gasteiger partial charge in [0.15, 0.2) is 5.79 Å². The van der Waals surface area contributed by atoms with Crippen molar-refractivity contribution in [2.24, 2.45) is 23.7 Å². The minimum Gasteiger partial charge on any atom is -0.347 e. The van der Waals surface area contributed by atoms with E-state index in [1.807, 2.05) is 0 Å². The summed E-state index contributed by atoms with van der Waals surface area (Å²) in [5.41, 5.74) is 0. The highest BCUT2D eigenvalue weighted by Gasteiger charge is 2.59. The molecule has 3 heterocycles. The van der Waals surface area contributed by atoms with E-state index in [0.717, 1.165) is 6.42 Å². The number of fused-ring (bicyclic) bond motifs is 5. The lowest BCUT2D eigenvalue weighted by Gasteiger charge is -2.37. The number of likely N-dealkylation sites (tertiary alicyclic amines) is 2. The molecule has 0 unspecified atom stereocenters. The first-order chi connectivity index (χ1) is 12.6. The summed E-state index contributed by atoms with van der Waals surface area (Å²) in [4.78, 5) is 41.0. The summed E-state index contributed by atoms with van der Waals surface area (Å²) >= 11 is 0. The normalized spacial score (nSPS) is 37.2. The smallest absolute Gasteiger partial charge is 0.233 e. The first-order valence-electron chi connectivity index (χ1n) is 9.67. The van der Waals surface area contributed by atoms with Gasteiger partial charge in [0.05, 0.1) is 25.0 Å². The van der Waals surface area contributed by atoms with Gasteiger partial charge < -0.3 is 14.4 Å². The molecule has 2 aliphatic carbocycles. The van der Waals surface area contributed by atoms with E-state index in [9.17, 15) is 14.4 Å². The Kier molecular flexibility index (Phi) is 3.72. The Balaban J connectivity index is 1.16. The van der Waals surface area contributed by atoms with Gasteiger partial charge in [0.1, 0.15) is 0 Å². The summed E-state index contributed by atoms with van der Waals surface area (Å²) in [7, 11) is 0. The van der Waals surface area contributed by atoms with Crippen LogP contribution in [0.3, 0.4) is 0 Å². The lowest BCUT2D eigenvalue weighted by molar-refractivity contribution is -0.187. The van der Waals surface area contributed by atoms with E-state index in [0.29, 0.717) is 39.1 Å². The van der Waals surface area contributed by atoms with Gasteiger partial charge in [-0.2, -0.15) is 0 Å². The summed E-state index contributed by atoms with van der Waals surface area (Å²) < 4.78 is 11.4. The quantitative estimate of drug-likeness (QED) is 0.543. The van der Waals surface area contributed by atoms with Crippen molar-refractivity contribution >= 4 is 17.7 Å². The van der Waals surface area contributed by atoms with Gasteiger partial charge in [-0.25, -0.2) is 0 Å². The Hall–Kier alpha value is -1.73. The van der Waals surface area contributed by atoms with Crippen molar-refractivity contribution in [3.05, 3.63) is 12.2 Å². The second-order valence-corrected chi connectivity index (χ2v) is 8.07. The van der Waals surface area contributed by atoms with Gasteiger partial charge in [0.2, 0.25) is 17.7 Å². The molecule has 4 atom stereocenters. The highest BCUT2D eigenvalue weighted by Crippen LogP contribution is 2.52. The summed E-state index contributed by atoms with van der Waals surface area (Å²) in [5, 5.41) is 0. The number of ether oxygens (including phenoxy) is 2. The van der Waals surface area contributed by atoms with Crippen molar-refractivity contribution in [3.63, 3.8) is 0 Å². The molecule has 3 saturated heterocycles. The minimum atomic E-state index is -0.499. The van der Waals surface area contributed by atoms with Crippen LogP contribution in [0.1, 0.15) is 25.7 Å². The number of imide groups is 1. The predicted molar refractivity (Wildman–Crippen MR) is 89.5 cm³/mol. The molecule has 4 fully saturated rings. The predicted octanol–water partition coefficient (Wildman–Crippen LogP) is 0.549. The molecule has 7 nitrogen and oxygen atoms in total. The van der Waals surface area contributed by atoms with Crippen LogP contribution in [0.4, 0.5) is 0 Å². The molecule has 0 N–H and O–H groups in total. The van der Waals surface area contributed by atoms with Crippen LogP contribution in [0.5, 0.6) is 0 Å². The van der Waals surface area contributed by atoms with E-state index < -0.39 is 5.79 Å². The van der Waals surface area contributed by atoms with Crippen molar-refractivity contribution in [1.82, 2.24) is 9.80 Å². The number of nitrogens with zero attached hydrogens (tertiary/aromatic N) is 2. The maximum atomic E-state index is 12.7. The number of hydrogen-bond acceptors (Lipinski definition) is 5. The van der Waals surface area contributed by atoms with E-state index in [1.165, 1.54) is 4.90 Å². The molecule has 3 amide bonds. The Bertz CT molecular complexity index is 643. The van der Waals surface area contributed by atoms with E-state index in [2.05, 4.69) is 12.2 Å². The van der Waals surface area contributed by atoms with Crippen molar-refractivity contribution < 1.29 is 23.9 Å². The zero-order valence-electron chi connectivity index (χ0n) is 14.8. The molecular formula is C19H24N2O5. The summed E-state index contributed by atoms with van der Waals surface area (Å²) in [5.74, 6) is -0.583. The van der Waals surface area contributed by atoms with E-state index >= 15 is 0 Å². The largest absolute Gasteiger partial charge is 0.347 e. The first-order valence-corrected chi connectivity index (χ1v) is 9.67. The van der Waals surface area contributed by atoms with Gasteiger partial charge in [-0.1, -0.05) is 12.2 Å². The molecule has 5 aliphatic rings. The maximum Gasteiger partial charge on any atom is 0.233 e. The van der Waals surface area contributed by atoms with Crippen LogP contribution in [-0.2, 0) is 23.9 Å². The Labute approximate surface area is 152 Å². The Morgan fingerprint density at radius 2 is 1.62 bits per heavy atom. The van der Waals surface area contributed by atoms with Gasteiger partial charge in [0, 0.05) is 38.9 Å². The van der Waals surface area contributed by atoms with Gasteiger partial charge in [0.25, 0.3) is 0 Å². The highest BCUT2D eigenvalue weighted by molar-refractivity contribution is 6.06. The lowest BCUT2D eigenvalue weighted by atomic mass is 9.85. The second kappa shape index (κ2) is 5.89. The van der Waals surface area contributed by atoms with Crippen LogP contribution >= 0.6 is 0 Å². The van der Waals surface area contributed by atoms with Crippen LogP contribution in [0.2, 0.25) is 0 Å². The van der Waals surface area contributed by atoms with Crippen LogP contribution in [-0.4, -0.2) is 66.2 Å². The van der Waals surface area contributed by atoms with Crippen molar-refractivity contribution in [2.75, 3.05) is 32.8 Å². The zero-order valence-corrected chi connectivity index (χ0v) is 14.8. The van der Waals surface area contributed by atoms with Gasteiger partial charge in [-0.15, -0.1) is 0 Å². The van der Waals surface area contributed by atoms with E-state index in [-0.39, 0.29) is 54.4 Å². The lowest BCUT2D eigenvalue weighted by Crippen LogP contribution is -2.48. The van der Waals surface area contributed by atoms with Crippen molar-refractivity contribution in [3.8, 4) is 0 Å². The Morgan fingerprint density at radius 1 is 1.04 bits per heavy atom. The Morgan fingerprint density at radius 3 is 2.19 bits per heavy atom. The molecule has 1 spiro atoms. The first kappa shape index (κ1) is 16.4. The topological polar surface area (TPSA) is 76.2 Å². The molecule has 2 bridgehead atoms. The fourth-order valence-electron chi connectivity index (χ4n) is 5.43.